The van der Waals surface area contributed by atoms with Gasteiger partial charge in [-0.15, -0.1) is 0 Å². The molecule has 0 saturated heterocycles. The number of aliphatic hydroxyl groups excluding tert-OH is 1. The van der Waals surface area contributed by atoms with E-state index in [4.69, 9.17) is 9.52 Å². The predicted molar refractivity (Wildman–Crippen MR) is 118 cm³/mol. The van der Waals surface area contributed by atoms with Crippen molar-refractivity contribution in [2.75, 3.05) is 13.2 Å². The molecule has 0 saturated carbocycles. The molecule has 3 N–H and O–H groups in total. The van der Waals surface area contributed by atoms with Crippen molar-refractivity contribution in [3.8, 4) is 11.3 Å². The molecule has 0 aliphatic carbocycles. The summed E-state index contributed by atoms with van der Waals surface area (Å²) in [6.07, 6.45) is 1.37. The van der Waals surface area contributed by atoms with Crippen LogP contribution in [0, 0.1) is 17.0 Å². The smallest absolute Gasteiger partial charge is 0.269 e. The molecule has 32 heavy (non-hydrogen) atoms. The van der Waals surface area contributed by atoms with E-state index >= 15 is 0 Å². The van der Waals surface area contributed by atoms with Gasteiger partial charge in [-0.05, 0) is 43.3 Å². The van der Waals surface area contributed by atoms with Gasteiger partial charge in [-0.3, -0.25) is 19.7 Å². The molecule has 1 heterocycles. The number of rotatable bonds is 8. The normalized spacial score (nSPS) is 11.1. The average molecular weight is 435 g/mol. The predicted octanol–water partition coefficient (Wildman–Crippen LogP) is 3.04. The first-order valence-electron chi connectivity index (χ1n) is 9.71. The highest BCUT2D eigenvalue weighted by molar-refractivity contribution is 6.05. The molecule has 0 aliphatic heterocycles. The molecule has 3 aromatic rings. The van der Waals surface area contributed by atoms with Crippen molar-refractivity contribution in [1.29, 1.82) is 0 Å². The van der Waals surface area contributed by atoms with Crippen molar-refractivity contribution in [2.24, 2.45) is 0 Å². The van der Waals surface area contributed by atoms with Crippen LogP contribution in [0.2, 0.25) is 0 Å². The number of aryl methyl sites for hydroxylation is 1. The highest BCUT2D eigenvalue weighted by Crippen LogP contribution is 2.25. The summed E-state index contributed by atoms with van der Waals surface area (Å²) in [7, 11) is 0. The lowest BCUT2D eigenvalue weighted by molar-refractivity contribution is -0.384. The second-order valence-electron chi connectivity index (χ2n) is 6.86. The summed E-state index contributed by atoms with van der Waals surface area (Å²) < 4.78 is 5.73. The van der Waals surface area contributed by atoms with Gasteiger partial charge in [-0.2, -0.15) is 0 Å². The quantitative estimate of drug-likeness (QED) is 0.283. The van der Waals surface area contributed by atoms with Crippen molar-refractivity contribution in [3.63, 3.8) is 0 Å². The minimum absolute atomic E-state index is 0.0166. The number of non-ortho nitro benzene ring substituents is 1. The molecular weight excluding hydrogens is 414 g/mol. The second-order valence-corrected chi connectivity index (χ2v) is 6.86. The summed E-state index contributed by atoms with van der Waals surface area (Å²) in [5, 5.41) is 24.8. The van der Waals surface area contributed by atoms with Gasteiger partial charge in [0.15, 0.2) is 0 Å². The zero-order valence-corrected chi connectivity index (χ0v) is 17.2. The van der Waals surface area contributed by atoms with Crippen molar-refractivity contribution in [1.82, 2.24) is 10.6 Å². The lowest BCUT2D eigenvalue weighted by Gasteiger charge is -2.10. The molecule has 2 aromatic carbocycles. The molecule has 0 spiro atoms. The third-order valence-electron chi connectivity index (χ3n) is 4.48. The van der Waals surface area contributed by atoms with Crippen molar-refractivity contribution in [2.45, 2.75) is 6.92 Å². The maximum absolute atomic E-state index is 12.6. The van der Waals surface area contributed by atoms with Crippen LogP contribution in [-0.4, -0.2) is 35.0 Å². The van der Waals surface area contributed by atoms with Crippen LogP contribution < -0.4 is 10.6 Å². The Morgan fingerprint density at radius 2 is 1.75 bits per heavy atom. The largest absolute Gasteiger partial charge is 0.457 e. The van der Waals surface area contributed by atoms with Gasteiger partial charge in [0.25, 0.3) is 17.5 Å². The lowest BCUT2D eigenvalue weighted by Crippen LogP contribution is -2.36. The Bertz CT molecular complexity index is 1150. The number of hydrogen-bond donors (Lipinski definition) is 3. The number of hydrogen-bond acceptors (Lipinski definition) is 6. The highest BCUT2D eigenvalue weighted by atomic mass is 16.6. The second kappa shape index (κ2) is 10.2. The van der Waals surface area contributed by atoms with Crippen LogP contribution in [0.1, 0.15) is 21.7 Å². The van der Waals surface area contributed by atoms with Gasteiger partial charge in [-0.25, -0.2) is 0 Å². The fourth-order valence-corrected chi connectivity index (χ4v) is 2.80. The van der Waals surface area contributed by atoms with Gasteiger partial charge in [0.05, 0.1) is 11.5 Å². The van der Waals surface area contributed by atoms with Crippen LogP contribution in [-0.2, 0) is 4.79 Å². The molecule has 0 unspecified atom stereocenters. The third-order valence-corrected chi connectivity index (χ3v) is 4.48. The molecule has 9 nitrogen and oxygen atoms in total. The van der Waals surface area contributed by atoms with Crippen LogP contribution in [0.3, 0.4) is 0 Å². The number of amides is 2. The number of nitrogens with one attached hydrogen (secondary N) is 2. The molecule has 3 rings (SSSR count). The standard InChI is InChI=1S/C23H21N3O6/c1-15-2-4-17(5-3-15)22(28)25-20(23(29)24-12-13-27)14-19-10-11-21(32-19)16-6-8-18(9-7-16)26(30)31/h2-11,14,27H,12-13H2,1H3,(H,24,29)(H,25,28)/b20-14+. The Morgan fingerprint density at radius 3 is 2.38 bits per heavy atom. The number of benzene rings is 2. The molecule has 0 atom stereocenters. The first-order chi connectivity index (χ1) is 15.4. The van der Waals surface area contributed by atoms with E-state index in [0.29, 0.717) is 16.9 Å². The van der Waals surface area contributed by atoms with E-state index in [1.807, 2.05) is 6.92 Å². The topological polar surface area (TPSA) is 135 Å². The zero-order valence-electron chi connectivity index (χ0n) is 17.2. The van der Waals surface area contributed by atoms with Crippen molar-refractivity contribution in [3.05, 3.63) is 93.4 Å². The summed E-state index contributed by atoms with van der Waals surface area (Å²) in [6.45, 7) is 1.66. The fraction of sp³-hybridized carbons (Fsp3) is 0.130. The van der Waals surface area contributed by atoms with Crippen molar-refractivity contribution < 1.29 is 24.0 Å². The molecule has 0 fully saturated rings. The van der Waals surface area contributed by atoms with Gasteiger partial charge >= 0.3 is 0 Å². The number of nitro benzene ring substituents is 1. The summed E-state index contributed by atoms with van der Waals surface area (Å²) in [6, 6.07) is 16.0. The van der Waals surface area contributed by atoms with Crippen LogP contribution >= 0.6 is 0 Å². The lowest BCUT2D eigenvalue weighted by atomic mass is 10.1. The molecule has 0 bridgehead atoms. The van der Waals surface area contributed by atoms with Gasteiger partial charge in [0, 0.05) is 35.9 Å². The number of carbonyl (C=O) groups is 2. The van der Waals surface area contributed by atoms with Crippen LogP contribution in [0.4, 0.5) is 5.69 Å². The highest BCUT2D eigenvalue weighted by Gasteiger charge is 2.16. The number of furan rings is 1. The Morgan fingerprint density at radius 1 is 1.06 bits per heavy atom. The molecule has 9 heteroatoms. The first kappa shape index (κ1) is 22.4. The minimum atomic E-state index is -0.590. The Labute approximate surface area is 183 Å². The maximum atomic E-state index is 12.6. The monoisotopic (exact) mass is 435 g/mol. The zero-order chi connectivity index (χ0) is 23.1. The fourth-order valence-electron chi connectivity index (χ4n) is 2.80. The van der Waals surface area contributed by atoms with Gasteiger partial charge < -0.3 is 20.2 Å². The van der Waals surface area contributed by atoms with Crippen molar-refractivity contribution >= 4 is 23.6 Å². The van der Waals surface area contributed by atoms with Gasteiger partial charge in [-0.1, -0.05) is 17.7 Å². The third kappa shape index (κ3) is 5.67. The van der Waals surface area contributed by atoms with Crippen LogP contribution in [0.15, 0.2) is 70.8 Å². The van der Waals surface area contributed by atoms with E-state index in [-0.39, 0.29) is 30.3 Å². The molecule has 0 aliphatic rings. The Balaban J connectivity index is 1.85. The molecule has 164 valence electrons. The summed E-state index contributed by atoms with van der Waals surface area (Å²) in [5.41, 5.74) is 1.88. The average Bonchev–Trinajstić information content (AvgIpc) is 3.26. The van der Waals surface area contributed by atoms with Gasteiger partial charge in [0.1, 0.15) is 17.2 Å². The molecule has 2 amide bonds. The molecular formula is C23H21N3O6. The van der Waals surface area contributed by atoms with E-state index in [1.54, 1.807) is 48.5 Å². The molecule has 1 aromatic heterocycles. The molecule has 0 radical (unpaired) electrons. The minimum Gasteiger partial charge on any atom is -0.457 e. The Hall–Kier alpha value is -4.24. The summed E-state index contributed by atoms with van der Waals surface area (Å²) in [5.74, 6) is -0.340. The Kier molecular flexibility index (Phi) is 7.14. The first-order valence-corrected chi connectivity index (χ1v) is 9.71. The SMILES string of the molecule is Cc1ccc(C(=O)N/C(=C/c2ccc(-c3ccc([N+](=O)[O-])cc3)o2)C(=O)NCCO)cc1. The van der Waals surface area contributed by atoms with Crippen LogP contribution in [0.5, 0.6) is 0 Å². The number of carbonyl (C=O) groups excluding carboxylic acids is 2. The van der Waals surface area contributed by atoms with E-state index < -0.39 is 16.7 Å². The number of nitro groups is 1. The number of aliphatic hydroxyl groups is 1. The maximum Gasteiger partial charge on any atom is 0.269 e. The van der Waals surface area contributed by atoms with E-state index in [9.17, 15) is 19.7 Å². The van der Waals surface area contributed by atoms with Crippen LogP contribution in [0.25, 0.3) is 17.4 Å². The number of nitrogens with zero attached hydrogens (tertiary/aromatic N) is 1. The van der Waals surface area contributed by atoms with E-state index in [2.05, 4.69) is 10.6 Å². The summed E-state index contributed by atoms with van der Waals surface area (Å²) >= 11 is 0. The van der Waals surface area contributed by atoms with E-state index in [0.717, 1.165) is 5.56 Å². The van der Waals surface area contributed by atoms with Gasteiger partial charge in [0.2, 0.25) is 0 Å². The summed E-state index contributed by atoms with van der Waals surface area (Å²) in [4.78, 5) is 35.4. The van der Waals surface area contributed by atoms with E-state index in [1.165, 1.54) is 18.2 Å².